The summed E-state index contributed by atoms with van der Waals surface area (Å²) in [6.45, 7) is 11.1. The lowest BCUT2D eigenvalue weighted by Crippen LogP contribution is -2.38. The van der Waals surface area contributed by atoms with Crippen LogP contribution in [0.1, 0.15) is 55.6 Å². The zero-order chi connectivity index (χ0) is 17.9. The van der Waals surface area contributed by atoms with Gasteiger partial charge in [-0.2, -0.15) is 0 Å². The molecule has 5 heteroatoms. The first-order valence-corrected chi connectivity index (χ1v) is 9.08. The Morgan fingerprint density at radius 1 is 1.29 bits per heavy atom. The summed E-state index contributed by atoms with van der Waals surface area (Å²) in [5.41, 5.74) is 3.46. The Balaban J connectivity index is 1.95. The van der Waals surface area contributed by atoms with Crippen molar-refractivity contribution in [3.05, 3.63) is 51.5 Å². The van der Waals surface area contributed by atoms with Crippen LogP contribution in [0.2, 0.25) is 0 Å². The predicted molar refractivity (Wildman–Crippen MR) is 100 cm³/mol. The lowest BCUT2D eigenvalue weighted by atomic mass is 9.86. The van der Waals surface area contributed by atoms with Crippen LogP contribution in [-0.4, -0.2) is 23.0 Å². The molecule has 1 aromatic carbocycles. The number of hydrogen-bond donors (Lipinski definition) is 1. The van der Waals surface area contributed by atoms with Gasteiger partial charge in [0.25, 0.3) is 0 Å². The van der Waals surface area contributed by atoms with Gasteiger partial charge in [-0.3, -0.25) is 0 Å². The summed E-state index contributed by atoms with van der Waals surface area (Å²) in [7, 11) is 1.79. The molecule has 0 spiro atoms. The highest BCUT2D eigenvalue weighted by atomic mass is 32.1. The number of urea groups is 1. The molecule has 130 valence electrons. The third kappa shape index (κ3) is 4.81. The predicted octanol–water partition coefficient (Wildman–Crippen LogP) is 4.65. The van der Waals surface area contributed by atoms with Crippen LogP contribution in [0.5, 0.6) is 0 Å². The topological polar surface area (TPSA) is 45.2 Å². The van der Waals surface area contributed by atoms with E-state index in [1.54, 1.807) is 23.3 Å². The van der Waals surface area contributed by atoms with E-state index in [4.69, 9.17) is 0 Å². The van der Waals surface area contributed by atoms with Gasteiger partial charge in [-0.15, -0.1) is 11.3 Å². The van der Waals surface area contributed by atoms with Crippen LogP contribution in [0.15, 0.2) is 29.6 Å². The summed E-state index contributed by atoms with van der Waals surface area (Å²) in [6, 6.07) is 8.34. The van der Waals surface area contributed by atoms with E-state index in [1.165, 1.54) is 5.56 Å². The van der Waals surface area contributed by atoms with Gasteiger partial charge in [0, 0.05) is 12.4 Å². The number of benzene rings is 1. The minimum absolute atomic E-state index is 0.0360. The highest BCUT2D eigenvalue weighted by Crippen LogP contribution is 2.24. The van der Waals surface area contributed by atoms with Crippen molar-refractivity contribution in [2.45, 2.75) is 52.6 Å². The third-order valence-electron chi connectivity index (χ3n) is 4.03. The molecule has 0 aliphatic heterocycles. The van der Waals surface area contributed by atoms with E-state index in [0.29, 0.717) is 6.54 Å². The standard InChI is InChI=1S/C19H27N3OS/c1-13(15-7-9-16(10-8-15)19(3,4)5)20-18(23)22(6)11-17-12-24-14(2)21-17/h7-10,12-13H,11H2,1-6H3,(H,20,23). The maximum atomic E-state index is 12.4. The lowest BCUT2D eigenvalue weighted by molar-refractivity contribution is 0.203. The van der Waals surface area contributed by atoms with Crippen molar-refractivity contribution in [2.75, 3.05) is 7.05 Å². The normalized spacial score (nSPS) is 12.8. The van der Waals surface area contributed by atoms with Crippen LogP contribution >= 0.6 is 11.3 Å². The van der Waals surface area contributed by atoms with Gasteiger partial charge in [-0.1, -0.05) is 45.0 Å². The summed E-state index contributed by atoms with van der Waals surface area (Å²) in [4.78, 5) is 18.4. The van der Waals surface area contributed by atoms with Crippen molar-refractivity contribution < 1.29 is 4.79 Å². The van der Waals surface area contributed by atoms with Crippen LogP contribution in [0.25, 0.3) is 0 Å². The Morgan fingerprint density at radius 3 is 2.42 bits per heavy atom. The van der Waals surface area contributed by atoms with Gasteiger partial charge < -0.3 is 10.2 Å². The second kappa shape index (κ2) is 7.34. The number of carbonyl (C=O) groups is 1. The van der Waals surface area contributed by atoms with Crippen LogP contribution in [-0.2, 0) is 12.0 Å². The van der Waals surface area contributed by atoms with E-state index in [9.17, 15) is 4.79 Å². The fourth-order valence-corrected chi connectivity index (χ4v) is 3.05. The SMILES string of the molecule is Cc1nc(CN(C)C(=O)NC(C)c2ccc(C(C)(C)C)cc2)cs1. The zero-order valence-electron chi connectivity index (χ0n) is 15.4. The molecular formula is C19H27N3OS. The molecule has 0 bridgehead atoms. The van der Waals surface area contributed by atoms with Gasteiger partial charge in [0.2, 0.25) is 0 Å². The summed E-state index contributed by atoms with van der Waals surface area (Å²) in [6.07, 6.45) is 0. The fraction of sp³-hybridized carbons (Fsp3) is 0.474. The monoisotopic (exact) mass is 345 g/mol. The Labute approximate surface area is 148 Å². The van der Waals surface area contributed by atoms with E-state index in [-0.39, 0.29) is 17.5 Å². The van der Waals surface area contributed by atoms with Gasteiger partial charge in [0.05, 0.1) is 23.3 Å². The highest BCUT2D eigenvalue weighted by Gasteiger charge is 2.16. The number of carbonyl (C=O) groups excluding carboxylic acids is 1. The third-order valence-corrected chi connectivity index (χ3v) is 4.85. The van der Waals surface area contributed by atoms with Crippen LogP contribution < -0.4 is 5.32 Å². The minimum atomic E-state index is -0.0898. The van der Waals surface area contributed by atoms with E-state index >= 15 is 0 Å². The zero-order valence-corrected chi connectivity index (χ0v) is 16.2. The molecule has 0 aliphatic rings. The number of nitrogens with zero attached hydrogens (tertiary/aromatic N) is 2. The number of rotatable bonds is 4. The molecule has 0 saturated heterocycles. The van der Waals surface area contributed by atoms with Gasteiger partial charge in [-0.25, -0.2) is 9.78 Å². The molecule has 1 atom stereocenters. The largest absolute Gasteiger partial charge is 0.331 e. The number of thiazole rings is 1. The molecule has 24 heavy (non-hydrogen) atoms. The number of hydrogen-bond acceptors (Lipinski definition) is 3. The first kappa shape index (κ1) is 18.5. The van der Waals surface area contributed by atoms with Crippen molar-refractivity contribution >= 4 is 17.4 Å². The summed E-state index contributed by atoms with van der Waals surface area (Å²) in [5, 5.41) is 6.06. The Bertz CT molecular complexity index is 685. The molecule has 4 nitrogen and oxygen atoms in total. The van der Waals surface area contributed by atoms with Gasteiger partial charge >= 0.3 is 6.03 Å². The molecule has 1 heterocycles. The molecule has 2 aromatic rings. The second-order valence-corrected chi connectivity index (χ2v) is 8.32. The van der Waals surface area contributed by atoms with Crippen molar-refractivity contribution in [2.24, 2.45) is 0 Å². The molecule has 1 unspecified atom stereocenters. The number of nitrogens with one attached hydrogen (secondary N) is 1. The van der Waals surface area contributed by atoms with Gasteiger partial charge in [0.15, 0.2) is 0 Å². The summed E-state index contributed by atoms with van der Waals surface area (Å²) >= 11 is 1.60. The van der Waals surface area contributed by atoms with E-state index < -0.39 is 0 Å². The van der Waals surface area contributed by atoms with Crippen LogP contribution in [0.3, 0.4) is 0 Å². The summed E-state index contributed by atoms with van der Waals surface area (Å²) < 4.78 is 0. The first-order valence-electron chi connectivity index (χ1n) is 8.20. The number of aromatic nitrogens is 1. The van der Waals surface area contributed by atoms with Gasteiger partial charge in [0.1, 0.15) is 0 Å². The number of amides is 2. The molecule has 1 N–H and O–H groups in total. The van der Waals surface area contributed by atoms with Crippen molar-refractivity contribution in [3.63, 3.8) is 0 Å². The molecule has 2 amide bonds. The van der Waals surface area contributed by atoms with Crippen molar-refractivity contribution in [3.8, 4) is 0 Å². The molecule has 1 aromatic heterocycles. The maximum absolute atomic E-state index is 12.4. The molecule has 2 rings (SSSR count). The quantitative estimate of drug-likeness (QED) is 0.876. The summed E-state index contributed by atoms with van der Waals surface area (Å²) in [5.74, 6) is 0. The minimum Gasteiger partial charge on any atom is -0.331 e. The van der Waals surface area contributed by atoms with Gasteiger partial charge in [-0.05, 0) is 30.4 Å². The highest BCUT2D eigenvalue weighted by molar-refractivity contribution is 7.09. The van der Waals surface area contributed by atoms with E-state index in [0.717, 1.165) is 16.3 Å². The van der Waals surface area contributed by atoms with Crippen molar-refractivity contribution in [1.29, 1.82) is 0 Å². The average molecular weight is 346 g/mol. The fourth-order valence-electron chi connectivity index (χ4n) is 2.45. The first-order chi connectivity index (χ1) is 11.2. The smallest absolute Gasteiger partial charge is 0.317 e. The van der Waals surface area contributed by atoms with E-state index in [1.807, 2.05) is 19.2 Å². The second-order valence-electron chi connectivity index (χ2n) is 7.26. The maximum Gasteiger partial charge on any atom is 0.317 e. The Morgan fingerprint density at radius 2 is 1.92 bits per heavy atom. The van der Waals surface area contributed by atoms with Crippen molar-refractivity contribution in [1.82, 2.24) is 15.2 Å². The Hall–Kier alpha value is -1.88. The lowest BCUT2D eigenvalue weighted by Gasteiger charge is -2.23. The van der Waals surface area contributed by atoms with E-state index in [2.05, 4.69) is 55.3 Å². The van der Waals surface area contributed by atoms with Crippen LogP contribution in [0, 0.1) is 6.92 Å². The molecule has 0 saturated carbocycles. The molecule has 0 radical (unpaired) electrons. The average Bonchev–Trinajstić information content (AvgIpc) is 2.91. The molecular weight excluding hydrogens is 318 g/mol. The molecule has 0 fully saturated rings. The number of aryl methyl sites for hydroxylation is 1. The Kier molecular flexibility index (Phi) is 5.65. The molecule has 0 aliphatic carbocycles. The van der Waals surface area contributed by atoms with Crippen LogP contribution in [0.4, 0.5) is 4.79 Å².